The highest BCUT2D eigenvalue weighted by atomic mass is 32.2. The number of aliphatic carboxylic acids is 1. The average molecular weight is 239 g/mol. The monoisotopic (exact) mass is 239 g/mol. The van der Waals surface area contributed by atoms with Crippen LogP contribution in [0.15, 0.2) is 11.0 Å². The average Bonchev–Trinajstić information content (AvgIpc) is 2.75. The lowest BCUT2D eigenvalue weighted by atomic mass is 10.1. The summed E-state index contributed by atoms with van der Waals surface area (Å²) in [5.74, 6) is -0.185. The van der Waals surface area contributed by atoms with Crippen molar-refractivity contribution in [3.05, 3.63) is 11.0 Å². The Morgan fingerprint density at radius 2 is 2.25 bits per heavy atom. The van der Waals surface area contributed by atoms with Crippen LogP contribution in [0.3, 0.4) is 0 Å². The van der Waals surface area contributed by atoms with Gasteiger partial charge in [0.2, 0.25) is 0 Å². The van der Waals surface area contributed by atoms with E-state index in [1.54, 1.807) is 0 Å². The summed E-state index contributed by atoms with van der Waals surface area (Å²) in [6, 6.07) is 2.14. The molecule has 0 amide bonds. The van der Waals surface area contributed by atoms with Crippen LogP contribution in [0.2, 0.25) is 0 Å². The quantitative estimate of drug-likeness (QED) is 0.749. The van der Waals surface area contributed by atoms with Gasteiger partial charge in [-0.05, 0) is 23.5 Å². The zero-order valence-corrected chi connectivity index (χ0v) is 10.7. The molecule has 0 aromatic rings. The number of hydrogen-bond acceptors (Lipinski definition) is 3. The number of thioether (sulfide) groups is 1. The Bertz CT molecular complexity index is 355. The number of carbonyl (C=O) groups is 1. The van der Waals surface area contributed by atoms with Crippen LogP contribution >= 0.6 is 11.8 Å². The Hall–Kier alpha value is -0.950. The lowest BCUT2D eigenvalue weighted by Gasteiger charge is -1.98. The van der Waals surface area contributed by atoms with Gasteiger partial charge in [-0.15, -0.1) is 11.8 Å². The molecule has 0 aromatic carbocycles. The third-order valence-electron chi connectivity index (χ3n) is 3.08. The summed E-state index contributed by atoms with van der Waals surface area (Å²) in [5, 5.41) is 17.9. The lowest BCUT2D eigenvalue weighted by Crippen LogP contribution is -2.03. The molecule has 1 aliphatic rings. The number of nitriles is 1. The molecule has 1 saturated carbocycles. The molecule has 1 aliphatic carbocycles. The molecule has 88 valence electrons. The van der Waals surface area contributed by atoms with Crippen molar-refractivity contribution >= 4 is 17.7 Å². The molecule has 1 rings (SSSR count). The first-order valence-corrected chi connectivity index (χ1v) is 6.41. The number of allylic oxidation sites excluding steroid dienone is 2. The molecule has 1 N–H and O–H groups in total. The van der Waals surface area contributed by atoms with Crippen LogP contribution < -0.4 is 0 Å². The maximum atomic E-state index is 11.0. The van der Waals surface area contributed by atoms with E-state index in [-0.39, 0.29) is 17.3 Å². The van der Waals surface area contributed by atoms with Crippen molar-refractivity contribution in [2.75, 3.05) is 5.75 Å². The zero-order chi connectivity index (χ0) is 12.3. The van der Waals surface area contributed by atoms with Gasteiger partial charge in [0.1, 0.15) is 6.07 Å². The summed E-state index contributed by atoms with van der Waals surface area (Å²) < 4.78 is 0. The molecule has 3 nitrogen and oxygen atoms in total. The minimum Gasteiger partial charge on any atom is -0.481 e. The van der Waals surface area contributed by atoms with Crippen molar-refractivity contribution in [3.63, 3.8) is 0 Å². The maximum absolute atomic E-state index is 11.0. The van der Waals surface area contributed by atoms with E-state index < -0.39 is 5.97 Å². The third-order valence-corrected chi connectivity index (χ3v) is 4.23. The van der Waals surface area contributed by atoms with Crippen molar-refractivity contribution in [1.82, 2.24) is 0 Å². The lowest BCUT2D eigenvalue weighted by molar-refractivity contribution is -0.139. The van der Waals surface area contributed by atoms with Gasteiger partial charge in [-0.25, -0.2) is 0 Å². The van der Waals surface area contributed by atoms with Gasteiger partial charge in [0.05, 0.1) is 10.8 Å². The standard InChI is InChI=1S/C12H17NO2S/c1-4-5-16-8(7-13)6-9-10(11(14)15)12(9,2)3/h6,9-10H,4-5H2,1-3H3,(H,14,15)/t9-,10+/m1/s1. The Kier molecular flexibility index (Phi) is 4.03. The fraction of sp³-hybridized carbons (Fsp3) is 0.667. The van der Waals surface area contributed by atoms with E-state index in [1.807, 2.05) is 19.9 Å². The van der Waals surface area contributed by atoms with Crippen LogP contribution in [0.4, 0.5) is 0 Å². The summed E-state index contributed by atoms with van der Waals surface area (Å²) in [6.45, 7) is 5.93. The number of carboxylic acid groups (broad SMARTS) is 1. The molecule has 0 heterocycles. The van der Waals surface area contributed by atoms with Gasteiger partial charge in [-0.2, -0.15) is 5.26 Å². The van der Waals surface area contributed by atoms with Gasteiger partial charge >= 0.3 is 5.97 Å². The van der Waals surface area contributed by atoms with E-state index in [2.05, 4.69) is 13.0 Å². The fourth-order valence-corrected chi connectivity index (χ4v) is 2.68. The molecule has 16 heavy (non-hydrogen) atoms. The van der Waals surface area contributed by atoms with Crippen molar-refractivity contribution in [2.24, 2.45) is 17.3 Å². The van der Waals surface area contributed by atoms with Crippen LogP contribution in [0.5, 0.6) is 0 Å². The number of carboxylic acids is 1. The first-order chi connectivity index (χ1) is 7.45. The van der Waals surface area contributed by atoms with Crippen molar-refractivity contribution in [3.8, 4) is 6.07 Å². The molecule has 2 atom stereocenters. The van der Waals surface area contributed by atoms with Crippen molar-refractivity contribution in [1.29, 1.82) is 5.26 Å². The second-order valence-corrected chi connectivity index (χ2v) is 5.79. The molecule has 0 unspecified atom stereocenters. The van der Waals surface area contributed by atoms with Crippen LogP contribution in [-0.2, 0) is 4.79 Å². The predicted octanol–water partition coefficient (Wildman–Crippen LogP) is 2.89. The molecule has 0 aromatic heterocycles. The predicted molar refractivity (Wildman–Crippen MR) is 64.8 cm³/mol. The summed E-state index contributed by atoms with van der Waals surface area (Å²) in [5.41, 5.74) is -0.208. The molecule has 0 radical (unpaired) electrons. The van der Waals surface area contributed by atoms with Gasteiger partial charge in [-0.3, -0.25) is 4.79 Å². The Morgan fingerprint density at radius 1 is 1.62 bits per heavy atom. The van der Waals surface area contributed by atoms with Crippen LogP contribution in [0, 0.1) is 28.6 Å². The molecule has 1 fully saturated rings. The fourth-order valence-electron chi connectivity index (χ4n) is 1.95. The van der Waals surface area contributed by atoms with E-state index in [0.717, 1.165) is 12.2 Å². The van der Waals surface area contributed by atoms with Gasteiger partial charge in [0.25, 0.3) is 0 Å². The SMILES string of the molecule is CCCSC(C#N)=C[C@@H]1[C@@H](C(=O)O)C1(C)C. The first kappa shape index (κ1) is 13.1. The molecular formula is C12H17NO2S. The molecule has 0 spiro atoms. The van der Waals surface area contributed by atoms with Crippen LogP contribution in [0.25, 0.3) is 0 Å². The van der Waals surface area contributed by atoms with Gasteiger partial charge in [0.15, 0.2) is 0 Å². The largest absolute Gasteiger partial charge is 0.481 e. The Labute approximate surface area is 101 Å². The normalized spacial score (nSPS) is 27.2. The van der Waals surface area contributed by atoms with E-state index in [0.29, 0.717) is 4.91 Å². The van der Waals surface area contributed by atoms with Crippen LogP contribution in [0.1, 0.15) is 27.2 Å². The highest BCUT2D eigenvalue weighted by Crippen LogP contribution is 2.59. The van der Waals surface area contributed by atoms with E-state index >= 15 is 0 Å². The topological polar surface area (TPSA) is 61.1 Å². The molecule has 0 bridgehead atoms. The van der Waals surface area contributed by atoms with E-state index in [1.165, 1.54) is 11.8 Å². The molecule has 4 heteroatoms. The number of hydrogen-bond donors (Lipinski definition) is 1. The van der Waals surface area contributed by atoms with Gasteiger partial charge in [0, 0.05) is 0 Å². The van der Waals surface area contributed by atoms with Crippen LogP contribution in [-0.4, -0.2) is 16.8 Å². The summed E-state index contributed by atoms with van der Waals surface area (Å²) >= 11 is 1.51. The minimum absolute atomic E-state index is 0.00371. The molecule has 0 aliphatic heterocycles. The second-order valence-electron chi connectivity index (χ2n) is 4.65. The number of rotatable bonds is 5. The number of nitrogens with zero attached hydrogens (tertiary/aromatic N) is 1. The zero-order valence-electron chi connectivity index (χ0n) is 9.86. The Balaban J connectivity index is 2.70. The van der Waals surface area contributed by atoms with Gasteiger partial charge < -0.3 is 5.11 Å². The maximum Gasteiger partial charge on any atom is 0.307 e. The highest BCUT2D eigenvalue weighted by molar-refractivity contribution is 8.03. The molecule has 0 saturated heterocycles. The summed E-state index contributed by atoms with van der Waals surface area (Å²) in [6.07, 6.45) is 2.85. The van der Waals surface area contributed by atoms with Crippen molar-refractivity contribution in [2.45, 2.75) is 27.2 Å². The minimum atomic E-state index is -0.760. The third kappa shape index (κ3) is 2.59. The summed E-state index contributed by atoms with van der Waals surface area (Å²) in [4.78, 5) is 11.6. The van der Waals surface area contributed by atoms with Gasteiger partial charge in [-0.1, -0.05) is 26.8 Å². The second kappa shape index (κ2) is 4.92. The summed E-state index contributed by atoms with van der Waals surface area (Å²) in [7, 11) is 0. The van der Waals surface area contributed by atoms with E-state index in [9.17, 15) is 4.79 Å². The van der Waals surface area contributed by atoms with E-state index in [4.69, 9.17) is 10.4 Å². The highest BCUT2D eigenvalue weighted by Gasteiger charge is 2.61. The van der Waals surface area contributed by atoms with Crippen molar-refractivity contribution < 1.29 is 9.90 Å². The smallest absolute Gasteiger partial charge is 0.307 e. The molecular weight excluding hydrogens is 222 g/mol. The first-order valence-electron chi connectivity index (χ1n) is 5.42. The Morgan fingerprint density at radius 3 is 2.62 bits per heavy atom.